The molecule has 19 heavy (non-hydrogen) atoms. The van der Waals surface area contributed by atoms with Crippen LogP contribution in [-0.4, -0.2) is 47.8 Å². The van der Waals surface area contributed by atoms with Gasteiger partial charge in [0.1, 0.15) is 10.6 Å². The maximum absolute atomic E-state index is 13.9. The van der Waals surface area contributed by atoms with Crippen molar-refractivity contribution in [2.24, 2.45) is 0 Å². The van der Waals surface area contributed by atoms with Crippen molar-refractivity contribution in [3.8, 4) is 5.75 Å². The Morgan fingerprint density at radius 3 is 2.79 bits per heavy atom. The standard InChI is InChI=1S/C12H14FNO4S/c1-7-5-8(18-2)9(19-7)10(15)14-4-3-12(13,6-14)11(16)17/h5H,3-4,6H2,1-2H3,(H,16,17). The molecule has 2 heterocycles. The molecule has 0 spiro atoms. The van der Waals surface area contributed by atoms with E-state index in [-0.39, 0.29) is 18.9 Å². The fourth-order valence-electron chi connectivity index (χ4n) is 2.06. The average Bonchev–Trinajstić information content (AvgIpc) is 2.93. The van der Waals surface area contributed by atoms with Crippen LogP contribution in [0.5, 0.6) is 5.75 Å². The highest BCUT2D eigenvalue weighted by molar-refractivity contribution is 7.14. The van der Waals surface area contributed by atoms with E-state index in [4.69, 9.17) is 9.84 Å². The van der Waals surface area contributed by atoms with E-state index < -0.39 is 18.2 Å². The molecule has 1 unspecified atom stereocenters. The van der Waals surface area contributed by atoms with Crippen LogP contribution in [0.2, 0.25) is 0 Å². The van der Waals surface area contributed by atoms with Gasteiger partial charge in [0.15, 0.2) is 0 Å². The van der Waals surface area contributed by atoms with Crippen LogP contribution in [0.3, 0.4) is 0 Å². The largest absolute Gasteiger partial charge is 0.495 e. The number of halogens is 1. The molecule has 5 nitrogen and oxygen atoms in total. The molecular formula is C12H14FNO4S. The Labute approximate surface area is 113 Å². The van der Waals surface area contributed by atoms with E-state index in [1.807, 2.05) is 6.92 Å². The van der Waals surface area contributed by atoms with Gasteiger partial charge in [0.25, 0.3) is 5.91 Å². The number of alkyl halides is 1. The second kappa shape index (κ2) is 4.80. The Morgan fingerprint density at radius 2 is 2.26 bits per heavy atom. The summed E-state index contributed by atoms with van der Waals surface area (Å²) in [5, 5.41) is 8.81. The zero-order chi connectivity index (χ0) is 14.2. The van der Waals surface area contributed by atoms with Gasteiger partial charge in [0.2, 0.25) is 5.67 Å². The summed E-state index contributed by atoms with van der Waals surface area (Å²) in [6, 6.07) is 1.73. The van der Waals surface area contributed by atoms with Gasteiger partial charge < -0.3 is 14.7 Å². The number of methoxy groups -OCH3 is 1. The molecule has 7 heteroatoms. The van der Waals surface area contributed by atoms with Crippen molar-refractivity contribution in [2.45, 2.75) is 19.0 Å². The molecule has 1 atom stereocenters. The van der Waals surface area contributed by atoms with Crippen LogP contribution in [0.15, 0.2) is 6.07 Å². The molecule has 1 saturated heterocycles. The number of hydrogen-bond acceptors (Lipinski definition) is 4. The minimum absolute atomic E-state index is 0.0989. The van der Waals surface area contributed by atoms with Crippen LogP contribution in [-0.2, 0) is 4.79 Å². The predicted octanol–water partition coefficient (Wildman–Crippen LogP) is 1.70. The van der Waals surface area contributed by atoms with Crippen LogP contribution in [0.25, 0.3) is 0 Å². The molecule has 1 N–H and O–H groups in total. The molecule has 1 aliphatic heterocycles. The Hall–Kier alpha value is -1.63. The van der Waals surface area contributed by atoms with Crippen LogP contribution in [0.4, 0.5) is 4.39 Å². The van der Waals surface area contributed by atoms with Crippen molar-refractivity contribution in [3.63, 3.8) is 0 Å². The van der Waals surface area contributed by atoms with E-state index in [1.165, 1.54) is 23.3 Å². The van der Waals surface area contributed by atoms with Gasteiger partial charge in [-0.05, 0) is 13.0 Å². The number of carboxylic acid groups (broad SMARTS) is 1. The summed E-state index contributed by atoms with van der Waals surface area (Å²) in [4.78, 5) is 25.6. The third kappa shape index (κ3) is 2.42. The number of ether oxygens (including phenoxy) is 1. The Bertz CT molecular complexity index is 530. The maximum Gasteiger partial charge on any atom is 0.343 e. The number of hydrogen-bond donors (Lipinski definition) is 1. The molecule has 0 saturated carbocycles. The van der Waals surface area contributed by atoms with Crippen molar-refractivity contribution >= 4 is 23.2 Å². The molecule has 1 aliphatic rings. The molecule has 1 aromatic rings. The predicted molar refractivity (Wildman–Crippen MR) is 67.6 cm³/mol. The lowest BCUT2D eigenvalue weighted by Crippen LogP contribution is -2.38. The fourth-order valence-corrected chi connectivity index (χ4v) is 3.00. The third-order valence-corrected chi connectivity index (χ3v) is 4.15. The maximum atomic E-state index is 13.9. The number of carbonyl (C=O) groups is 2. The quantitative estimate of drug-likeness (QED) is 0.919. The van der Waals surface area contributed by atoms with Gasteiger partial charge in [-0.1, -0.05) is 0 Å². The number of carbonyl (C=O) groups excluding carboxylic acids is 1. The number of thiophene rings is 1. The molecule has 0 aromatic carbocycles. The summed E-state index contributed by atoms with van der Waals surface area (Å²) in [5.74, 6) is -1.45. The Kier molecular flexibility index (Phi) is 3.49. The van der Waals surface area contributed by atoms with Crippen molar-refractivity contribution < 1.29 is 23.8 Å². The fraction of sp³-hybridized carbons (Fsp3) is 0.500. The number of amides is 1. The van der Waals surface area contributed by atoms with Crippen LogP contribution in [0, 0.1) is 6.92 Å². The first kappa shape index (κ1) is 13.8. The highest BCUT2D eigenvalue weighted by Crippen LogP contribution is 2.33. The molecule has 104 valence electrons. The lowest BCUT2D eigenvalue weighted by atomic mass is 10.1. The average molecular weight is 287 g/mol. The van der Waals surface area contributed by atoms with E-state index in [1.54, 1.807) is 6.07 Å². The number of rotatable bonds is 3. The highest BCUT2D eigenvalue weighted by Gasteiger charge is 2.47. The summed E-state index contributed by atoms with van der Waals surface area (Å²) in [6.07, 6.45) is -0.180. The molecule has 1 fully saturated rings. The first-order valence-corrected chi connectivity index (χ1v) is 6.55. The van der Waals surface area contributed by atoms with E-state index in [0.717, 1.165) is 4.88 Å². The van der Waals surface area contributed by atoms with E-state index >= 15 is 0 Å². The molecule has 0 radical (unpaired) electrons. The normalized spacial score (nSPS) is 22.6. The molecule has 1 aromatic heterocycles. The number of aliphatic carboxylic acids is 1. The van der Waals surface area contributed by atoms with Gasteiger partial charge in [-0.15, -0.1) is 11.3 Å². The smallest absolute Gasteiger partial charge is 0.343 e. The van der Waals surface area contributed by atoms with Crippen LogP contribution in [0.1, 0.15) is 21.0 Å². The summed E-state index contributed by atoms with van der Waals surface area (Å²) < 4.78 is 19.0. The number of aryl methyl sites for hydroxylation is 1. The SMILES string of the molecule is COc1cc(C)sc1C(=O)N1CCC(F)(C(=O)O)C1. The second-order valence-electron chi connectivity index (χ2n) is 4.50. The number of nitrogens with zero attached hydrogens (tertiary/aromatic N) is 1. The van der Waals surface area contributed by atoms with Gasteiger partial charge in [-0.25, -0.2) is 9.18 Å². The molecular weight excluding hydrogens is 273 g/mol. The molecule has 0 aliphatic carbocycles. The minimum atomic E-state index is -2.34. The van der Waals surface area contributed by atoms with Gasteiger partial charge in [-0.3, -0.25) is 4.79 Å². The molecule has 0 bridgehead atoms. The second-order valence-corrected chi connectivity index (χ2v) is 5.76. The van der Waals surface area contributed by atoms with Crippen molar-refractivity contribution in [1.29, 1.82) is 0 Å². The zero-order valence-corrected chi connectivity index (χ0v) is 11.4. The van der Waals surface area contributed by atoms with Crippen molar-refractivity contribution in [2.75, 3.05) is 20.2 Å². The monoisotopic (exact) mass is 287 g/mol. The third-order valence-electron chi connectivity index (χ3n) is 3.13. The van der Waals surface area contributed by atoms with Gasteiger partial charge in [0, 0.05) is 17.8 Å². The lowest BCUT2D eigenvalue weighted by molar-refractivity contribution is -0.149. The van der Waals surface area contributed by atoms with Gasteiger partial charge in [0.05, 0.1) is 13.7 Å². The van der Waals surface area contributed by atoms with E-state index in [2.05, 4.69) is 0 Å². The number of carboxylic acids is 1. The lowest BCUT2D eigenvalue weighted by Gasteiger charge is -2.17. The summed E-state index contributed by atoms with van der Waals surface area (Å²) >= 11 is 1.26. The van der Waals surface area contributed by atoms with Gasteiger partial charge >= 0.3 is 5.97 Å². The summed E-state index contributed by atoms with van der Waals surface area (Å²) in [6.45, 7) is 1.52. The molecule has 1 amide bonds. The topological polar surface area (TPSA) is 66.8 Å². The molecule has 2 rings (SSSR count). The summed E-state index contributed by atoms with van der Waals surface area (Å²) in [7, 11) is 1.46. The van der Waals surface area contributed by atoms with Crippen LogP contribution < -0.4 is 4.74 Å². The van der Waals surface area contributed by atoms with Gasteiger partial charge in [-0.2, -0.15) is 0 Å². The Morgan fingerprint density at radius 1 is 1.58 bits per heavy atom. The van der Waals surface area contributed by atoms with E-state index in [0.29, 0.717) is 10.6 Å². The van der Waals surface area contributed by atoms with Crippen molar-refractivity contribution in [1.82, 2.24) is 4.90 Å². The van der Waals surface area contributed by atoms with Crippen LogP contribution >= 0.6 is 11.3 Å². The summed E-state index contributed by atoms with van der Waals surface area (Å²) in [5.41, 5.74) is -2.34. The first-order valence-electron chi connectivity index (χ1n) is 5.73. The van der Waals surface area contributed by atoms with E-state index in [9.17, 15) is 14.0 Å². The minimum Gasteiger partial charge on any atom is -0.495 e. The first-order chi connectivity index (χ1) is 8.87. The zero-order valence-electron chi connectivity index (χ0n) is 10.6. The number of likely N-dealkylation sites (tertiary alicyclic amines) is 1. The highest BCUT2D eigenvalue weighted by atomic mass is 32.1. The van der Waals surface area contributed by atoms with Crippen molar-refractivity contribution in [3.05, 3.63) is 15.8 Å². The Balaban J connectivity index is 2.20.